The van der Waals surface area contributed by atoms with Crippen LogP contribution in [-0.2, 0) is 0 Å². The van der Waals surface area contributed by atoms with E-state index in [0.717, 1.165) is 17.7 Å². The molecule has 2 aliphatic rings. The van der Waals surface area contributed by atoms with Gasteiger partial charge < -0.3 is 10.6 Å². The van der Waals surface area contributed by atoms with Crippen molar-refractivity contribution in [3.63, 3.8) is 0 Å². The summed E-state index contributed by atoms with van der Waals surface area (Å²) in [5.41, 5.74) is 3.25. The van der Waals surface area contributed by atoms with Crippen molar-refractivity contribution in [2.75, 3.05) is 0 Å². The van der Waals surface area contributed by atoms with Gasteiger partial charge in [-0.3, -0.25) is 4.79 Å². The summed E-state index contributed by atoms with van der Waals surface area (Å²) in [5.74, 6) is 0.0158. The molecular formula is C19H18N2OS. The van der Waals surface area contributed by atoms with E-state index in [2.05, 4.69) is 22.8 Å². The number of rotatable bonds is 3. The van der Waals surface area contributed by atoms with Gasteiger partial charge in [0.25, 0.3) is 0 Å². The fraction of sp³-hybridized carbons (Fsp3) is 0.158. The third-order valence-electron chi connectivity index (χ3n) is 3.91. The minimum atomic E-state index is -0.229. The first-order valence-electron chi connectivity index (χ1n) is 7.58. The smallest absolute Gasteiger partial charge is 0.193 e. The first kappa shape index (κ1) is 15.4. The van der Waals surface area contributed by atoms with Gasteiger partial charge in [-0.1, -0.05) is 60.7 Å². The van der Waals surface area contributed by atoms with E-state index in [9.17, 15) is 4.79 Å². The lowest BCUT2D eigenvalue weighted by Gasteiger charge is -2.31. The first-order chi connectivity index (χ1) is 11.2. The number of nitrogens with one attached hydrogen (secondary N) is 2. The van der Waals surface area contributed by atoms with Crippen molar-refractivity contribution in [2.24, 2.45) is 0 Å². The van der Waals surface area contributed by atoms with Crippen LogP contribution in [0.1, 0.15) is 23.7 Å². The molecule has 0 radical (unpaired) electrons. The molecular weight excluding hydrogens is 304 g/mol. The SMILES string of the molecule is CC1=C(C(=O)c2ccccc2)C(C2=CCC=CC=C2)NC(=S)N1. The maximum atomic E-state index is 13.0. The quantitative estimate of drug-likeness (QED) is 0.661. The van der Waals surface area contributed by atoms with Crippen molar-refractivity contribution in [3.8, 4) is 0 Å². The van der Waals surface area contributed by atoms with Crippen molar-refractivity contribution in [1.82, 2.24) is 10.6 Å². The second-order valence-corrected chi connectivity index (χ2v) is 5.90. The third kappa shape index (κ3) is 3.32. The van der Waals surface area contributed by atoms with Crippen LogP contribution in [0.5, 0.6) is 0 Å². The van der Waals surface area contributed by atoms with Crippen molar-refractivity contribution >= 4 is 23.1 Å². The van der Waals surface area contributed by atoms with E-state index in [1.807, 2.05) is 55.5 Å². The van der Waals surface area contributed by atoms with Crippen LogP contribution in [0.25, 0.3) is 0 Å². The van der Waals surface area contributed by atoms with Crippen molar-refractivity contribution < 1.29 is 4.79 Å². The molecule has 0 aromatic heterocycles. The number of allylic oxidation sites excluding steroid dienone is 5. The highest BCUT2D eigenvalue weighted by atomic mass is 32.1. The number of carbonyl (C=O) groups excluding carboxylic acids is 1. The van der Waals surface area contributed by atoms with Gasteiger partial charge in [-0.05, 0) is 31.1 Å². The second-order valence-electron chi connectivity index (χ2n) is 5.49. The molecule has 0 saturated carbocycles. The third-order valence-corrected chi connectivity index (χ3v) is 4.13. The van der Waals surface area contributed by atoms with Crippen molar-refractivity contribution in [2.45, 2.75) is 19.4 Å². The molecule has 0 fully saturated rings. The Morgan fingerprint density at radius 3 is 2.78 bits per heavy atom. The minimum absolute atomic E-state index is 0.0158. The lowest BCUT2D eigenvalue weighted by atomic mass is 9.89. The molecule has 1 unspecified atom stereocenters. The summed E-state index contributed by atoms with van der Waals surface area (Å²) < 4.78 is 0. The van der Waals surface area contributed by atoms with Gasteiger partial charge in [0, 0.05) is 16.8 Å². The number of carbonyl (C=O) groups is 1. The summed E-state index contributed by atoms with van der Waals surface area (Å²) in [6, 6.07) is 9.11. The van der Waals surface area contributed by atoms with E-state index in [1.54, 1.807) is 0 Å². The molecule has 1 atom stereocenters. The van der Waals surface area contributed by atoms with Gasteiger partial charge in [0.2, 0.25) is 0 Å². The highest BCUT2D eigenvalue weighted by Crippen LogP contribution is 2.24. The van der Waals surface area contributed by atoms with E-state index in [1.165, 1.54) is 0 Å². The first-order valence-corrected chi connectivity index (χ1v) is 7.99. The van der Waals surface area contributed by atoms with E-state index in [-0.39, 0.29) is 11.8 Å². The molecule has 3 rings (SSSR count). The summed E-state index contributed by atoms with van der Waals surface area (Å²) >= 11 is 5.28. The zero-order valence-electron chi connectivity index (χ0n) is 12.9. The highest BCUT2D eigenvalue weighted by molar-refractivity contribution is 7.80. The van der Waals surface area contributed by atoms with Gasteiger partial charge in [-0.2, -0.15) is 0 Å². The van der Waals surface area contributed by atoms with Crippen LogP contribution in [0, 0.1) is 0 Å². The summed E-state index contributed by atoms with van der Waals surface area (Å²) in [4.78, 5) is 13.0. The Morgan fingerprint density at radius 2 is 2.00 bits per heavy atom. The Balaban J connectivity index is 2.03. The van der Waals surface area contributed by atoms with Crippen molar-refractivity contribution in [1.29, 1.82) is 0 Å². The number of thiocarbonyl (C=S) groups is 1. The van der Waals surface area contributed by atoms with Gasteiger partial charge in [0.15, 0.2) is 10.9 Å². The summed E-state index contributed by atoms with van der Waals surface area (Å²) in [7, 11) is 0. The molecule has 0 spiro atoms. The van der Waals surface area contributed by atoms with Crippen LogP contribution in [0.4, 0.5) is 0 Å². The molecule has 0 amide bonds. The summed E-state index contributed by atoms with van der Waals surface area (Å²) in [6.45, 7) is 1.90. The molecule has 1 aliphatic carbocycles. The molecule has 116 valence electrons. The second kappa shape index (κ2) is 6.75. The Bertz CT molecular complexity index is 757. The molecule has 3 nitrogen and oxygen atoms in total. The molecule has 1 aromatic rings. The van der Waals surface area contributed by atoms with Gasteiger partial charge in [0.05, 0.1) is 6.04 Å². The zero-order chi connectivity index (χ0) is 16.2. The van der Waals surface area contributed by atoms with E-state index in [0.29, 0.717) is 16.2 Å². The Hall–Kier alpha value is -2.46. The number of hydrogen-bond acceptors (Lipinski definition) is 2. The molecule has 1 heterocycles. The van der Waals surface area contributed by atoms with Crippen LogP contribution in [0.15, 0.2) is 77.6 Å². The monoisotopic (exact) mass is 322 g/mol. The fourth-order valence-electron chi connectivity index (χ4n) is 2.80. The van der Waals surface area contributed by atoms with E-state index >= 15 is 0 Å². The average molecular weight is 322 g/mol. The average Bonchev–Trinajstić information content (AvgIpc) is 2.83. The Labute approximate surface area is 141 Å². The van der Waals surface area contributed by atoms with Gasteiger partial charge in [-0.15, -0.1) is 0 Å². The lowest BCUT2D eigenvalue weighted by Crippen LogP contribution is -2.50. The van der Waals surface area contributed by atoms with Crippen LogP contribution < -0.4 is 10.6 Å². The largest absolute Gasteiger partial charge is 0.351 e. The van der Waals surface area contributed by atoms with Crippen LogP contribution in [0.2, 0.25) is 0 Å². The predicted molar refractivity (Wildman–Crippen MR) is 97.1 cm³/mol. The molecule has 4 heteroatoms. The zero-order valence-corrected chi connectivity index (χ0v) is 13.7. The Morgan fingerprint density at radius 1 is 1.22 bits per heavy atom. The topological polar surface area (TPSA) is 41.1 Å². The van der Waals surface area contributed by atoms with Crippen LogP contribution in [-0.4, -0.2) is 16.9 Å². The standard InChI is InChI=1S/C19H18N2OS/c1-13-16(18(22)15-11-7-4-8-12-15)17(21-19(23)20-13)14-9-5-2-3-6-10-14/h2-5,7-12,17H,6H2,1H3,(H2,20,21,23). The minimum Gasteiger partial charge on any atom is -0.351 e. The maximum Gasteiger partial charge on any atom is 0.193 e. The molecule has 1 aromatic carbocycles. The molecule has 0 saturated heterocycles. The summed E-state index contributed by atoms with van der Waals surface area (Å²) in [6.07, 6.45) is 11.1. The van der Waals surface area contributed by atoms with Crippen LogP contribution in [0.3, 0.4) is 0 Å². The highest BCUT2D eigenvalue weighted by Gasteiger charge is 2.30. The van der Waals surface area contributed by atoms with Gasteiger partial charge >= 0.3 is 0 Å². The number of hydrogen-bond donors (Lipinski definition) is 2. The van der Waals surface area contributed by atoms with E-state index in [4.69, 9.17) is 12.2 Å². The molecule has 23 heavy (non-hydrogen) atoms. The summed E-state index contributed by atoms with van der Waals surface area (Å²) in [5, 5.41) is 6.86. The lowest BCUT2D eigenvalue weighted by molar-refractivity contribution is 0.102. The fourth-order valence-corrected chi connectivity index (χ4v) is 3.07. The molecule has 2 N–H and O–H groups in total. The van der Waals surface area contributed by atoms with E-state index < -0.39 is 0 Å². The van der Waals surface area contributed by atoms with Gasteiger partial charge in [-0.25, -0.2) is 0 Å². The molecule has 1 aliphatic heterocycles. The van der Waals surface area contributed by atoms with Gasteiger partial charge in [0.1, 0.15) is 0 Å². The Kier molecular flexibility index (Phi) is 4.53. The number of ketones is 1. The number of benzene rings is 1. The normalized spacial score (nSPS) is 20.5. The van der Waals surface area contributed by atoms with Crippen molar-refractivity contribution in [3.05, 3.63) is 83.1 Å². The number of Topliss-reactive ketones (excluding diaryl/α,β-unsaturated/α-hetero) is 1. The molecule has 0 bridgehead atoms. The van der Waals surface area contributed by atoms with Crippen LogP contribution >= 0.6 is 12.2 Å². The maximum absolute atomic E-state index is 13.0. The predicted octanol–water partition coefficient (Wildman–Crippen LogP) is 3.43.